The van der Waals surface area contributed by atoms with Gasteiger partial charge in [-0.3, -0.25) is 9.48 Å². The molecule has 5 rings (SSSR count). The lowest BCUT2D eigenvalue weighted by molar-refractivity contribution is 0.780. The second-order valence-electron chi connectivity index (χ2n) is 6.91. The lowest BCUT2D eigenvalue weighted by Gasteiger charge is -2.11. The lowest BCUT2D eigenvalue weighted by Crippen LogP contribution is -2.21. The summed E-state index contributed by atoms with van der Waals surface area (Å²) in [6.07, 6.45) is 3.43. The van der Waals surface area contributed by atoms with Crippen LogP contribution in [0.4, 0.5) is 0 Å². The van der Waals surface area contributed by atoms with Crippen LogP contribution in [0.5, 0.6) is 0 Å². The van der Waals surface area contributed by atoms with Crippen molar-refractivity contribution in [3.8, 4) is 11.1 Å². The van der Waals surface area contributed by atoms with Crippen molar-refractivity contribution < 1.29 is 0 Å². The number of rotatable bonds is 3. The SMILES string of the molecule is Cn1cc2c(-c3cccc(Cn4c(=O)cnc5ccccc54)c3)cccc2n1. The first-order valence-electron chi connectivity index (χ1n) is 9.15. The summed E-state index contributed by atoms with van der Waals surface area (Å²) < 4.78 is 3.60. The first kappa shape index (κ1) is 16.4. The van der Waals surface area contributed by atoms with Gasteiger partial charge in [0, 0.05) is 18.6 Å². The molecule has 5 nitrogen and oxygen atoms in total. The van der Waals surface area contributed by atoms with Gasteiger partial charge in [-0.2, -0.15) is 5.10 Å². The van der Waals surface area contributed by atoms with E-state index in [4.69, 9.17) is 0 Å². The molecule has 2 aromatic heterocycles. The Morgan fingerprint density at radius 1 is 0.929 bits per heavy atom. The Labute approximate surface area is 161 Å². The second kappa shape index (κ2) is 6.46. The molecule has 0 unspecified atom stereocenters. The fourth-order valence-electron chi connectivity index (χ4n) is 3.71. The summed E-state index contributed by atoms with van der Waals surface area (Å²) in [7, 11) is 1.93. The molecule has 0 fully saturated rings. The van der Waals surface area contributed by atoms with E-state index in [0.717, 1.165) is 38.6 Å². The third-order valence-electron chi connectivity index (χ3n) is 5.00. The molecule has 28 heavy (non-hydrogen) atoms. The van der Waals surface area contributed by atoms with Crippen LogP contribution in [0.25, 0.3) is 33.1 Å². The van der Waals surface area contributed by atoms with E-state index in [1.54, 1.807) is 4.57 Å². The van der Waals surface area contributed by atoms with Crippen LogP contribution in [0.15, 0.2) is 83.9 Å². The zero-order valence-electron chi connectivity index (χ0n) is 15.4. The molecule has 0 bridgehead atoms. The van der Waals surface area contributed by atoms with E-state index in [1.165, 1.54) is 6.20 Å². The predicted octanol–water partition coefficient (Wildman–Crippen LogP) is 4.00. The summed E-state index contributed by atoms with van der Waals surface area (Å²) in [5.74, 6) is 0. The Morgan fingerprint density at radius 2 is 1.75 bits per heavy atom. The zero-order valence-corrected chi connectivity index (χ0v) is 15.4. The molecule has 0 saturated carbocycles. The Hall–Kier alpha value is -3.73. The topological polar surface area (TPSA) is 52.7 Å². The van der Waals surface area contributed by atoms with Gasteiger partial charge in [0.1, 0.15) is 0 Å². The Bertz CT molecular complexity index is 1380. The average Bonchev–Trinajstić information content (AvgIpc) is 3.10. The van der Waals surface area contributed by atoms with Crippen LogP contribution in [0.2, 0.25) is 0 Å². The van der Waals surface area contributed by atoms with Crippen LogP contribution in [-0.4, -0.2) is 19.3 Å². The van der Waals surface area contributed by atoms with E-state index in [2.05, 4.69) is 34.3 Å². The highest BCUT2D eigenvalue weighted by Crippen LogP contribution is 2.28. The number of fused-ring (bicyclic) bond motifs is 2. The minimum atomic E-state index is -0.0986. The van der Waals surface area contributed by atoms with Crippen molar-refractivity contribution in [3.63, 3.8) is 0 Å². The van der Waals surface area contributed by atoms with Gasteiger partial charge in [-0.15, -0.1) is 0 Å². The maximum atomic E-state index is 12.5. The number of nitrogens with zero attached hydrogens (tertiary/aromatic N) is 4. The van der Waals surface area contributed by atoms with Gasteiger partial charge < -0.3 is 4.57 Å². The fourth-order valence-corrected chi connectivity index (χ4v) is 3.71. The van der Waals surface area contributed by atoms with Crippen molar-refractivity contribution in [2.24, 2.45) is 7.05 Å². The maximum absolute atomic E-state index is 12.5. The summed E-state index contributed by atoms with van der Waals surface area (Å²) in [4.78, 5) is 16.7. The van der Waals surface area contributed by atoms with E-state index in [-0.39, 0.29) is 5.56 Å². The van der Waals surface area contributed by atoms with Gasteiger partial charge in [-0.05, 0) is 41.0 Å². The van der Waals surface area contributed by atoms with Crippen LogP contribution in [-0.2, 0) is 13.6 Å². The van der Waals surface area contributed by atoms with Gasteiger partial charge in [0.25, 0.3) is 5.56 Å². The first-order valence-corrected chi connectivity index (χ1v) is 9.15. The Balaban J connectivity index is 1.61. The number of hydrogen-bond acceptors (Lipinski definition) is 3. The maximum Gasteiger partial charge on any atom is 0.269 e. The molecular formula is C23H18N4O. The minimum absolute atomic E-state index is 0.0986. The van der Waals surface area contributed by atoms with E-state index in [1.807, 2.05) is 60.4 Å². The number of benzene rings is 3. The monoisotopic (exact) mass is 366 g/mol. The van der Waals surface area contributed by atoms with Crippen molar-refractivity contribution in [1.29, 1.82) is 0 Å². The normalized spacial score (nSPS) is 11.3. The van der Waals surface area contributed by atoms with E-state index in [0.29, 0.717) is 6.54 Å². The van der Waals surface area contributed by atoms with Gasteiger partial charge in [-0.25, -0.2) is 4.98 Å². The number of aromatic nitrogens is 4. The highest BCUT2D eigenvalue weighted by atomic mass is 16.1. The molecular weight excluding hydrogens is 348 g/mol. The highest BCUT2D eigenvalue weighted by molar-refractivity contribution is 5.94. The Kier molecular flexibility index (Phi) is 3.79. The fraction of sp³-hybridized carbons (Fsp3) is 0.0870. The average molecular weight is 366 g/mol. The standard InChI is InChI=1S/C23H18N4O/c1-26-15-19-18(8-5-10-20(19)25-26)17-7-4-6-16(12-17)14-27-22-11-3-2-9-21(22)24-13-23(27)28/h2-13,15H,14H2,1H3. The molecule has 0 atom stereocenters. The summed E-state index contributed by atoms with van der Waals surface area (Å²) in [6.45, 7) is 0.499. The summed E-state index contributed by atoms with van der Waals surface area (Å²) >= 11 is 0. The molecule has 0 aliphatic heterocycles. The van der Waals surface area contributed by atoms with Crippen molar-refractivity contribution in [1.82, 2.24) is 19.3 Å². The molecule has 2 heterocycles. The molecule has 0 aliphatic carbocycles. The first-order chi connectivity index (χ1) is 13.7. The van der Waals surface area contributed by atoms with Crippen molar-refractivity contribution >= 4 is 21.9 Å². The molecule has 0 saturated heterocycles. The molecule has 0 amide bonds. The number of hydrogen-bond donors (Lipinski definition) is 0. The molecule has 0 N–H and O–H groups in total. The van der Waals surface area contributed by atoms with Crippen molar-refractivity contribution in [3.05, 3.63) is 95.0 Å². The Morgan fingerprint density at radius 3 is 2.68 bits per heavy atom. The number of aryl methyl sites for hydroxylation is 1. The molecule has 5 heteroatoms. The molecule has 0 aliphatic rings. The molecule has 5 aromatic rings. The van der Waals surface area contributed by atoms with Crippen LogP contribution in [0.1, 0.15) is 5.56 Å². The van der Waals surface area contributed by atoms with Crippen LogP contribution < -0.4 is 5.56 Å². The molecule has 3 aromatic carbocycles. The smallest absolute Gasteiger partial charge is 0.269 e. The van der Waals surface area contributed by atoms with Crippen molar-refractivity contribution in [2.75, 3.05) is 0 Å². The van der Waals surface area contributed by atoms with Gasteiger partial charge in [0.05, 0.1) is 29.3 Å². The lowest BCUT2D eigenvalue weighted by atomic mass is 10.00. The van der Waals surface area contributed by atoms with E-state index in [9.17, 15) is 4.79 Å². The molecule has 0 spiro atoms. The summed E-state index contributed by atoms with van der Waals surface area (Å²) in [5.41, 5.74) is 5.85. The van der Waals surface area contributed by atoms with Gasteiger partial charge in [0.15, 0.2) is 0 Å². The largest absolute Gasteiger partial charge is 0.301 e. The highest BCUT2D eigenvalue weighted by Gasteiger charge is 2.09. The van der Waals surface area contributed by atoms with Gasteiger partial charge >= 0.3 is 0 Å². The van der Waals surface area contributed by atoms with Crippen molar-refractivity contribution in [2.45, 2.75) is 6.54 Å². The summed E-state index contributed by atoms with van der Waals surface area (Å²) in [6, 6.07) is 22.2. The van der Waals surface area contributed by atoms with Crippen LogP contribution >= 0.6 is 0 Å². The van der Waals surface area contributed by atoms with Crippen LogP contribution in [0, 0.1) is 0 Å². The summed E-state index contributed by atoms with van der Waals surface area (Å²) in [5, 5.41) is 5.62. The third kappa shape index (κ3) is 2.77. The van der Waals surface area contributed by atoms with E-state index >= 15 is 0 Å². The zero-order chi connectivity index (χ0) is 19.1. The predicted molar refractivity (Wildman–Crippen MR) is 111 cm³/mol. The molecule has 0 radical (unpaired) electrons. The number of para-hydroxylation sites is 2. The quantitative estimate of drug-likeness (QED) is 0.485. The van der Waals surface area contributed by atoms with Gasteiger partial charge in [0.2, 0.25) is 0 Å². The molecule has 136 valence electrons. The minimum Gasteiger partial charge on any atom is -0.301 e. The second-order valence-corrected chi connectivity index (χ2v) is 6.91. The van der Waals surface area contributed by atoms with Gasteiger partial charge in [-0.1, -0.05) is 42.5 Å². The van der Waals surface area contributed by atoms with E-state index < -0.39 is 0 Å². The van der Waals surface area contributed by atoms with Crippen LogP contribution in [0.3, 0.4) is 0 Å². The third-order valence-corrected chi connectivity index (χ3v) is 5.00.